The molecule has 0 N–H and O–H groups in total. The number of carbonyl (C=O) groups is 2. The molecule has 1 amide bonds. The van der Waals surface area contributed by atoms with Crippen molar-refractivity contribution < 1.29 is 14.3 Å². The Morgan fingerprint density at radius 2 is 2.29 bits per heavy atom. The summed E-state index contributed by atoms with van der Waals surface area (Å²) in [4.78, 5) is 23.1. The Morgan fingerprint density at radius 1 is 1.57 bits per heavy atom. The molecule has 1 aliphatic rings. The second-order valence-corrected chi connectivity index (χ2v) is 3.64. The van der Waals surface area contributed by atoms with E-state index in [1.165, 1.54) is 0 Å². The molecule has 0 radical (unpaired) electrons. The van der Waals surface area contributed by atoms with Crippen molar-refractivity contribution >= 4 is 12.4 Å². The second-order valence-electron chi connectivity index (χ2n) is 3.64. The summed E-state index contributed by atoms with van der Waals surface area (Å²) in [5, 5.41) is 0. The van der Waals surface area contributed by atoms with Gasteiger partial charge in [-0.15, -0.1) is 0 Å². The van der Waals surface area contributed by atoms with Gasteiger partial charge in [-0.2, -0.15) is 0 Å². The largest absolute Gasteiger partial charge is 0.449 e. The molecule has 0 aliphatic carbocycles. The minimum atomic E-state index is -0.236. The molecule has 1 rings (SSSR count). The Morgan fingerprint density at radius 3 is 2.86 bits per heavy atom. The van der Waals surface area contributed by atoms with Gasteiger partial charge in [0.2, 0.25) is 0 Å². The Bertz CT molecular complexity index is 200. The first kappa shape index (κ1) is 11.0. The van der Waals surface area contributed by atoms with Gasteiger partial charge in [-0.1, -0.05) is 13.3 Å². The summed E-state index contributed by atoms with van der Waals surface area (Å²) in [6, 6.07) is 0. The summed E-state index contributed by atoms with van der Waals surface area (Å²) < 4.78 is 5.01. The summed E-state index contributed by atoms with van der Waals surface area (Å²) in [5.41, 5.74) is 0. The number of amides is 1. The lowest BCUT2D eigenvalue weighted by molar-refractivity contribution is -0.109. The third-order valence-corrected chi connectivity index (χ3v) is 2.37. The number of unbranched alkanes of at least 4 members (excludes halogenated alkanes) is 1. The average molecular weight is 199 g/mol. The van der Waals surface area contributed by atoms with Crippen LogP contribution in [0.3, 0.4) is 0 Å². The Hall–Kier alpha value is -1.06. The smallest absolute Gasteiger partial charge is 0.409 e. The van der Waals surface area contributed by atoms with Crippen LogP contribution in [0.15, 0.2) is 0 Å². The summed E-state index contributed by atoms with van der Waals surface area (Å²) in [5.74, 6) is 0.353. The molecule has 1 heterocycles. The van der Waals surface area contributed by atoms with Crippen LogP contribution >= 0.6 is 0 Å². The quantitative estimate of drug-likeness (QED) is 0.497. The standard InChI is InChI=1S/C10H17NO3/c1-2-3-6-14-10(13)11-7-9(8-11)4-5-12/h5,9H,2-4,6-8H2,1H3. The van der Waals surface area contributed by atoms with Crippen molar-refractivity contribution in [3.8, 4) is 0 Å². The van der Waals surface area contributed by atoms with Gasteiger partial charge in [0.05, 0.1) is 6.61 Å². The number of hydrogen-bond acceptors (Lipinski definition) is 3. The first-order valence-electron chi connectivity index (χ1n) is 5.13. The monoisotopic (exact) mass is 199 g/mol. The van der Waals surface area contributed by atoms with Crippen LogP contribution in [-0.2, 0) is 9.53 Å². The molecule has 4 heteroatoms. The van der Waals surface area contributed by atoms with Crippen molar-refractivity contribution in [3.05, 3.63) is 0 Å². The lowest BCUT2D eigenvalue weighted by Crippen LogP contribution is -2.50. The number of likely N-dealkylation sites (tertiary alicyclic amines) is 1. The van der Waals surface area contributed by atoms with Crippen LogP contribution in [0.1, 0.15) is 26.2 Å². The number of hydrogen-bond donors (Lipinski definition) is 0. The number of carbonyl (C=O) groups excluding carboxylic acids is 2. The van der Waals surface area contributed by atoms with Crippen LogP contribution < -0.4 is 0 Å². The molecule has 0 saturated carbocycles. The van der Waals surface area contributed by atoms with E-state index >= 15 is 0 Å². The average Bonchev–Trinajstić information content (AvgIpc) is 2.10. The normalized spacial score (nSPS) is 16.2. The van der Waals surface area contributed by atoms with E-state index in [2.05, 4.69) is 6.92 Å². The highest BCUT2D eigenvalue weighted by atomic mass is 16.6. The molecule has 4 nitrogen and oxygen atoms in total. The van der Waals surface area contributed by atoms with E-state index in [4.69, 9.17) is 4.74 Å². The van der Waals surface area contributed by atoms with E-state index in [1.807, 2.05) is 0 Å². The molecule has 80 valence electrons. The highest BCUT2D eigenvalue weighted by Crippen LogP contribution is 2.18. The van der Waals surface area contributed by atoms with E-state index in [0.29, 0.717) is 32.0 Å². The lowest BCUT2D eigenvalue weighted by atomic mass is 9.98. The van der Waals surface area contributed by atoms with Gasteiger partial charge in [0.15, 0.2) is 0 Å². The zero-order valence-corrected chi connectivity index (χ0v) is 8.57. The van der Waals surface area contributed by atoms with E-state index in [-0.39, 0.29) is 6.09 Å². The van der Waals surface area contributed by atoms with Gasteiger partial charge in [-0.25, -0.2) is 4.79 Å². The fourth-order valence-electron chi connectivity index (χ4n) is 1.40. The minimum Gasteiger partial charge on any atom is -0.449 e. The molecule has 14 heavy (non-hydrogen) atoms. The lowest BCUT2D eigenvalue weighted by Gasteiger charge is -2.37. The maximum Gasteiger partial charge on any atom is 0.409 e. The third-order valence-electron chi connectivity index (χ3n) is 2.37. The van der Waals surface area contributed by atoms with Gasteiger partial charge in [0, 0.05) is 25.4 Å². The third kappa shape index (κ3) is 3.01. The minimum absolute atomic E-state index is 0.236. The zero-order valence-electron chi connectivity index (χ0n) is 8.57. The molecule has 0 spiro atoms. The molecule has 1 aliphatic heterocycles. The second kappa shape index (κ2) is 5.62. The predicted molar refractivity (Wildman–Crippen MR) is 52.0 cm³/mol. The molecule has 0 aromatic heterocycles. The van der Waals surface area contributed by atoms with Crippen LogP contribution in [-0.4, -0.2) is 37.0 Å². The topological polar surface area (TPSA) is 46.6 Å². The molecule has 1 fully saturated rings. The number of ether oxygens (including phenoxy) is 1. The van der Waals surface area contributed by atoms with Crippen LogP contribution in [0, 0.1) is 5.92 Å². The molecule has 1 saturated heterocycles. The highest BCUT2D eigenvalue weighted by Gasteiger charge is 2.30. The van der Waals surface area contributed by atoms with E-state index in [0.717, 1.165) is 19.1 Å². The molecule has 0 aromatic carbocycles. The summed E-state index contributed by atoms with van der Waals surface area (Å²) in [7, 11) is 0. The fourth-order valence-corrected chi connectivity index (χ4v) is 1.40. The summed E-state index contributed by atoms with van der Waals surface area (Å²) in [6.45, 7) is 3.90. The summed E-state index contributed by atoms with van der Waals surface area (Å²) >= 11 is 0. The molecule has 0 bridgehead atoms. The summed E-state index contributed by atoms with van der Waals surface area (Å²) in [6.07, 6.45) is 3.17. The number of aldehydes is 1. The first-order valence-corrected chi connectivity index (χ1v) is 5.13. The molecule has 0 unspecified atom stereocenters. The zero-order chi connectivity index (χ0) is 10.4. The van der Waals surface area contributed by atoms with Crippen LogP contribution in [0.5, 0.6) is 0 Å². The molecular formula is C10H17NO3. The maximum atomic E-state index is 11.3. The van der Waals surface area contributed by atoms with Crippen molar-refractivity contribution in [2.45, 2.75) is 26.2 Å². The van der Waals surface area contributed by atoms with Gasteiger partial charge >= 0.3 is 6.09 Å². The first-order chi connectivity index (χ1) is 6.77. The van der Waals surface area contributed by atoms with Gasteiger partial charge in [0.25, 0.3) is 0 Å². The van der Waals surface area contributed by atoms with E-state index < -0.39 is 0 Å². The van der Waals surface area contributed by atoms with Crippen LogP contribution in [0.2, 0.25) is 0 Å². The molecule has 0 aromatic rings. The van der Waals surface area contributed by atoms with Gasteiger partial charge < -0.3 is 14.4 Å². The van der Waals surface area contributed by atoms with E-state index in [1.54, 1.807) is 4.90 Å². The van der Waals surface area contributed by atoms with Gasteiger partial charge in [-0.05, 0) is 6.42 Å². The van der Waals surface area contributed by atoms with Gasteiger partial charge in [-0.3, -0.25) is 0 Å². The van der Waals surface area contributed by atoms with Crippen molar-refractivity contribution in [2.24, 2.45) is 5.92 Å². The fraction of sp³-hybridized carbons (Fsp3) is 0.800. The Labute approximate surface area is 84.2 Å². The maximum absolute atomic E-state index is 11.3. The van der Waals surface area contributed by atoms with E-state index in [9.17, 15) is 9.59 Å². The van der Waals surface area contributed by atoms with Crippen LogP contribution in [0.4, 0.5) is 4.79 Å². The van der Waals surface area contributed by atoms with Crippen molar-refractivity contribution in [2.75, 3.05) is 19.7 Å². The predicted octanol–water partition coefficient (Wildman–Crippen LogP) is 1.44. The highest BCUT2D eigenvalue weighted by molar-refractivity contribution is 5.68. The van der Waals surface area contributed by atoms with Crippen molar-refractivity contribution in [1.82, 2.24) is 4.90 Å². The Kier molecular flexibility index (Phi) is 4.43. The molecule has 0 atom stereocenters. The number of rotatable bonds is 5. The van der Waals surface area contributed by atoms with Crippen molar-refractivity contribution in [1.29, 1.82) is 0 Å². The van der Waals surface area contributed by atoms with Gasteiger partial charge in [0.1, 0.15) is 6.29 Å². The number of nitrogens with zero attached hydrogens (tertiary/aromatic N) is 1. The Balaban J connectivity index is 2.07. The van der Waals surface area contributed by atoms with Crippen molar-refractivity contribution in [3.63, 3.8) is 0 Å². The molecular weight excluding hydrogens is 182 g/mol. The van der Waals surface area contributed by atoms with Crippen LogP contribution in [0.25, 0.3) is 0 Å². The SMILES string of the molecule is CCCCOC(=O)N1CC(CC=O)C1.